The van der Waals surface area contributed by atoms with Crippen LogP contribution in [0.5, 0.6) is 0 Å². The lowest BCUT2D eigenvalue weighted by Gasteiger charge is -2.40. The molecule has 0 aromatic carbocycles. The predicted octanol–water partition coefficient (Wildman–Crippen LogP) is 4.39. The van der Waals surface area contributed by atoms with Crippen LogP contribution in [-0.2, 0) is 4.74 Å². The molecule has 0 unspecified atom stereocenters. The Morgan fingerprint density at radius 2 is 2.04 bits per heavy atom. The second kappa shape index (κ2) is 10.2. The molecule has 1 rings (SSSR count). The predicted molar refractivity (Wildman–Crippen MR) is 102 cm³/mol. The molecule has 0 radical (unpaired) electrons. The van der Waals surface area contributed by atoms with Crippen LogP contribution >= 0.6 is 0 Å². The summed E-state index contributed by atoms with van der Waals surface area (Å²) in [4.78, 5) is 0. The fourth-order valence-electron chi connectivity index (χ4n) is 4.04. The maximum Gasteiger partial charge on any atom is 0.100 e. The highest BCUT2D eigenvalue weighted by molar-refractivity contribution is 5.88. The Morgan fingerprint density at radius 3 is 2.50 bits per heavy atom. The molecular formula is C20H38N2O2. The fraction of sp³-hybridized carbons (Fsp3) is 0.850. The molecule has 0 amide bonds. The fourth-order valence-corrected chi connectivity index (χ4v) is 4.04. The minimum absolute atomic E-state index is 0.0827. The highest BCUT2D eigenvalue weighted by atomic mass is 16.5. The summed E-state index contributed by atoms with van der Waals surface area (Å²) in [5.41, 5.74) is 0.725. The molecule has 4 heteroatoms. The molecule has 0 saturated carbocycles. The zero-order valence-electron chi connectivity index (χ0n) is 16.4. The smallest absolute Gasteiger partial charge is 0.100 e. The van der Waals surface area contributed by atoms with Crippen molar-refractivity contribution in [2.24, 2.45) is 11.0 Å². The first kappa shape index (κ1) is 21.2. The summed E-state index contributed by atoms with van der Waals surface area (Å²) in [7, 11) is 1.82. The van der Waals surface area contributed by atoms with Gasteiger partial charge in [-0.25, -0.2) is 0 Å². The molecule has 1 N–H and O–H groups in total. The van der Waals surface area contributed by atoms with Gasteiger partial charge in [-0.15, -0.1) is 6.58 Å². The first-order valence-corrected chi connectivity index (χ1v) is 9.73. The molecule has 1 heterocycles. The molecule has 4 nitrogen and oxygen atoms in total. The van der Waals surface area contributed by atoms with E-state index in [0.29, 0.717) is 6.04 Å². The van der Waals surface area contributed by atoms with Crippen molar-refractivity contribution in [2.45, 2.75) is 90.4 Å². The minimum atomic E-state index is -0.533. The van der Waals surface area contributed by atoms with Crippen LogP contribution in [0.1, 0.15) is 72.6 Å². The lowest BCUT2D eigenvalue weighted by Crippen LogP contribution is -2.49. The van der Waals surface area contributed by atoms with Gasteiger partial charge in [0.15, 0.2) is 0 Å². The number of hydrogen-bond donors (Lipinski definition) is 1. The Balaban J connectivity index is 3.03. The van der Waals surface area contributed by atoms with E-state index >= 15 is 0 Å². The topological polar surface area (TPSA) is 45.1 Å². The molecule has 3 atom stereocenters. The molecule has 0 aliphatic carbocycles. The lowest BCUT2D eigenvalue weighted by molar-refractivity contribution is -0.0734. The highest BCUT2D eigenvalue weighted by Crippen LogP contribution is 2.35. The van der Waals surface area contributed by atoms with E-state index in [1.165, 1.54) is 0 Å². The molecule has 24 heavy (non-hydrogen) atoms. The largest absolute Gasteiger partial charge is 0.386 e. The zero-order chi connectivity index (χ0) is 18.2. The van der Waals surface area contributed by atoms with Crippen molar-refractivity contribution in [3.8, 4) is 0 Å². The van der Waals surface area contributed by atoms with Gasteiger partial charge in [0.05, 0.1) is 17.4 Å². The van der Waals surface area contributed by atoms with Gasteiger partial charge in [-0.2, -0.15) is 5.10 Å². The van der Waals surface area contributed by atoms with Crippen LogP contribution in [0.25, 0.3) is 0 Å². The third-order valence-electron chi connectivity index (χ3n) is 5.73. The van der Waals surface area contributed by atoms with E-state index in [-0.39, 0.29) is 11.5 Å². The van der Waals surface area contributed by atoms with Gasteiger partial charge in [0, 0.05) is 19.6 Å². The summed E-state index contributed by atoms with van der Waals surface area (Å²) >= 11 is 0. The van der Waals surface area contributed by atoms with E-state index in [1.807, 2.05) is 13.2 Å². The molecule has 1 fully saturated rings. The molecule has 0 bridgehead atoms. The standard InChI is InChI=1S/C20H38N2O2/c1-7-13-16(8-2)19(23)17(9-3)21-22-15-12-14-18(22)20(10-4,11-5)24-6/h8,16,18-19,23H,2,7,9-15H2,1,3-6H3/b21-17+/t16-,18+,19-/m1/s1. The summed E-state index contributed by atoms with van der Waals surface area (Å²) in [5.74, 6) is 0.0827. The highest BCUT2D eigenvalue weighted by Gasteiger charge is 2.42. The number of rotatable bonds is 11. The molecule has 1 aliphatic heterocycles. The van der Waals surface area contributed by atoms with Gasteiger partial charge in [0.1, 0.15) is 6.10 Å². The second-order valence-electron chi connectivity index (χ2n) is 6.88. The van der Waals surface area contributed by atoms with Crippen LogP contribution in [0.3, 0.4) is 0 Å². The van der Waals surface area contributed by atoms with Gasteiger partial charge in [-0.05, 0) is 38.5 Å². The van der Waals surface area contributed by atoms with Crippen molar-refractivity contribution < 1.29 is 9.84 Å². The molecule has 1 saturated heterocycles. The molecule has 0 aromatic rings. The van der Waals surface area contributed by atoms with Crippen molar-refractivity contribution in [1.29, 1.82) is 0 Å². The molecule has 0 spiro atoms. The number of nitrogens with zero attached hydrogens (tertiary/aromatic N) is 2. The van der Waals surface area contributed by atoms with Crippen molar-refractivity contribution >= 4 is 5.71 Å². The molecule has 140 valence electrons. The van der Waals surface area contributed by atoms with E-state index in [4.69, 9.17) is 9.84 Å². The van der Waals surface area contributed by atoms with Gasteiger partial charge in [-0.3, -0.25) is 5.01 Å². The third-order valence-corrected chi connectivity index (χ3v) is 5.73. The first-order chi connectivity index (χ1) is 11.5. The summed E-state index contributed by atoms with van der Waals surface area (Å²) in [6.07, 6.45) is 8.27. The van der Waals surface area contributed by atoms with Crippen LogP contribution in [0.15, 0.2) is 17.8 Å². The van der Waals surface area contributed by atoms with Gasteiger partial charge < -0.3 is 9.84 Å². The number of aliphatic hydroxyl groups is 1. The number of methoxy groups -OCH3 is 1. The summed E-state index contributed by atoms with van der Waals surface area (Å²) in [5, 5.41) is 17.9. The maximum atomic E-state index is 10.8. The maximum absolute atomic E-state index is 10.8. The molecular weight excluding hydrogens is 300 g/mol. The van der Waals surface area contributed by atoms with Crippen molar-refractivity contribution in [2.75, 3.05) is 13.7 Å². The Labute approximate surface area is 149 Å². The van der Waals surface area contributed by atoms with Gasteiger partial charge in [0.2, 0.25) is 0 Å². The SMILES string of the molecule is C=C[C@H](CCC)[C@@H](O)/C(CC)=N/N1CCC[C@H]1C(CC)(CC)OC. The van der Waals surface area contributed by atoms with Crippen LogP contribution in [0, 0.1) is 5.92 Å². The molecule has 1 aliphatic rings. The van der Waals surface area contributed by atoms with Crippen LogP contribution in [0.4, 0.5) is 0 Å². The quantitative estimate of drug-likeness (QED) is 0.449. The van der Waals surface area contributed by atoms with Crippen LogP contribution < -0.4 is 0 Å². The zero-order valence-corrected chi connectivity index (χ0v) is 16.4. The molecule has 0 aromatic heterocycles. The monoisotopic (exact) mass is 338 g/mol. The normalized spacial score (nSPS) is 21.8. The van der Waals surface area contributed by atoms with Gasteiger partial charge in [0.25, 0.3) is 0 Å². The Kier molecular flexibility index (Phi) is 8.99. The minimum Gasteiger partial charge on any atom is -0.386 e. The second-order valence-corrected chi connectivity index (χ2v) is 6.88. The summed E-state index contributed by atoms with van der Waals surface area (Å²) in [6, 6.07) is 0.291. The Hall–Kier alpha value is -0.870. The number of ether oxygens (including phenoxy) is 1. The average Bonchev–Trinajstić information content (AvgIpc) is 3.08. The van der Waals surface area contributed by atoms with Crippen molar-refractivity contribution in [3.05, 3.63) is 12.7 Å². The van der Waals surface area contributed by atoms with E-state index in [2.05, 4.69) is 39.3 Å². The van der Waals surface area contributed by atoms with E-state index in [0.717, 1.165) is 57.2 Å². The Bertz CT molecular complexity index is 396. The summed E-state index contributed by atoms with van der Waals surface area (Å²) < 4.78 is 5.94. The van der Waals surface area contributed by atoms with Crippen molar-refractivity contribution in [1.82, 2.24) is 5.01 Å². The first-order valence-electron chi connectivity index (χ1n) is 9.73. The van der Waals surface area contributed by atoms with E-state index in [9.17, 15) is 5.11 Å². The van der Waals surface area contributed by atoms with Crippen LogP contribution in [-0.4, -0.2) is 47.2 Å². The average molecular weight is 339 g/mol. The van der Waals surface area contributed by atoms with Gasteiger partial charge in [-0.1, -0.05) is 40.2 Å². The number of hydrogen-bond acceptors (Lipinski definition) is 4. The van der Waals surface area contributed by atoms with E-state index in [1.54, 1.807) is 0 Å². The Morgan fingerprint density at radius 1 is 1.38 bits per heavy atom. The lowest BCUT2D eigenvalue weighted by atomic mass is 9.87. The third kappa shape index (κ3) is 4.60. The number of hydrazone groups is 1. The number of aliphatic hydroxyl groups excluding tert-OH is 1. The van der Waals surface area contributed by atoms with Crippen LogP contribution in [0.2, 0.25) is 0 Å². The van der Waals surface area contributed by atoms with Gasteiger partial charge >= 0.3 is 0 Å². The summed E-state index contributed by atoms with van der Waals surface area (Å²) in [6.45, 7) is 13.4. The van der Waals surface area contributed by atoms with Crippen molar-refractivity contribution in [3.63, 3.8) is 0 Å². The van der Waals surface area contributed by atoms with E-state index < -0.39 is 6.10 Å².